The van der Waals surface area contributed by atoms with Crippen molar-refractivity contribution in [3.05, 3.63) is 60.4 Å². The highest BCUT2D eigenvalue weighted by Crippen LogP contribution is 2.21. The van der Waals surface area contributed by atoms with Crippen molar-refractivity contribution in [1.82, 2.24) is 14.9 Å². The fraction of sp³-hybridized carbons (Fsp3) is 0.0625. The SMILES string of the molecule is Nn1c(SCC(=O)Nc2ccccc2F)nnc1-c1ccccc1. The number of nitrogens with zero attached hydrogens (tertiary/aromatic N) is 3. The number of nitrogens with one attached hydrogen (secondary N) is 1. The van der Waals surface area contributed by atoms with Gasteiger partial charge in [-0.3, -0.25) is 4.79 Å². The first-order valence-corrected chi connectivity index (χ1v) is 8.07. The summed E-state index contributed by atoms with van der Waals surface area (Å²) in [5, 5.41) is 10.9. The third-order valence-corrected chi connectivity index (χ3v) is 4.12. The Labute approximate surface area is 141 Å². The minimum atomic E-state index is -0.482. The molecular weight excluding hydrogens is 329 g/mol. The number of halogens is 1. The number of nitrogen functional groups attached to an aromatic ring is 1. The van der Waals surface area contributed by atoms with Gasteiger partial charge in [-0.05, 0) is 12.1 Å². The quantitative estimate of drug-likeness (QED) is 0.549. The van der Waals surface area contributed by atoms with Crippen LogP contribution in [0.15, 0.2) is 59.8 Å². The van der Waals surface area contributed by atoms with E-state index in [1.165, 1.54) is 16.8 Å². The molecule has 0 atom stereocenters. The van der Waals surface area contributed by atoms with Gasteiger partial charge in [0.05, 0.1) is 11.4 Å². The molecule has 2 aromatic carbocycles. The first-order chi connectivity index (χ1) is 11.6. The number of anilines is 1. The number of thioether (sulfide) groups is 1. The molecule has 122 valence electrons. The predicted molar refractivity (Wildman–Crippen MR) is 91.4 cm³/mol. The van der Waals surface area contributed by atoms with E-state index in [4.69, 9.17) is 5.84 Å². The Morgan fingerprint density at radius 1 is 1.12 bits per heavy atom. The van der Waals surface area contributed by atoms with Gasteiger partial charge in [-0.25, -0.2) is 9.07 Å². The topological polar surface area (TPSA) is 85.8 Å². The number of aromatic nitrogens is 3. The lowest BCUT2D eigenvalue weighted by Gasteiger charge is -2.06. The van der Waals surface area contributed by atoms with Gasteiger partial charge < -0.3 is 11.2 Å². The molecule has 0 bridgehead atoms. The molecule has 0 unspecified atom stereocenters. The molecule has 0 aliphatic carbocycles. The summed E-state index contributed by atoms with van der Waals surface area (Å²) in [6, 6.07) is 15.4. The first-order valence-electron chi connectivity index (χ1n) is 7.08. The highest BCUT2D eigenvalue weighted by molar-refractivity contribution is 7.99. The summed E-state index contributed by atoms with van der Waals surface area (Å²) in [6.45, 7) is 0. The number of nitrogens with two attached hydrogens (primary N) is 1. The molecule has 0 aliphatic rings. The molecule has 24 heavy (non-hydrogen) atoms. The van der Waals surface area contributed by atoms with Crippen molar-refractivity contribution in [2.75, 3.05) is 16.9 Å². The van der Waals surface area contributed by atoms with Crippen LogP contribution in [0.2, 0.25) is 0 Å². The van der Waals surface area contributed by atoms with E-state index >= 15 is 0 Å². The van der Waals surface area contributed by atoms with Gasteiger partial charge in [0, 0.05) is 5.56 Å². The van der Waals surface area contributed by atoms with Crippen molar-refractivity contribution in [2.45, 2.75) is 5.16 Å². The molecule has 0 saturated carbocycles. The Morgan fingerprint density at radius 2 is 1.83 bits per heavy atom. The fourth-order valence-corrected chi connectivity index (χ4v) is 2.69. The lowest BCUT2D eigenvalue weighted by molar-refractivity contribution is -0.113. The number of carbonyl (C=O) groups is 1. The maximum Gasteiger partial charge on any atom is 0.234 e. The second-order valence-electron chi connectivity index (χ2n) is 4.86. The van der Waals surface area contributed by atoms with E-state index in [0.717, 1.165) is 17.3 Å². The van der Waals surface area contributed by atoms with Crippen molar-refractivity contribution in [3.63, 3.8) is 0 Å². The minimum absolute atomic E-state index is 0.0401. The molecule has 3 N–H and O–H groups in total. The van der Waals surface area contributed by atoms with Crippen LogP contribution in [0.3, 0.4) is 0 Å². The number of benzene rings is 2. The highest BCUT2D eigenvalue weighted by Gasteiger charge is 2.14. The van der Waals surface area contributed by atoms with E-state index in [9.17, 15) is 9.18 Å². The van der Waals surface area contributed by atoms with Gasteiger partial charge in [0.25, 0.3) is 0 Å². The number of para-hydroxylation sites is 1. The van der Waals surface area contributed by atoms with E-state index in [1.54, 1.807) is 12.1 Å². The number of hydrogen-bond donors (Lipinski definition) is 2. The van der Waals surface area contributed by atoms with Gasteiger partial charge in [0.15, 0.2) is 5.82 Å². The third kappa shape index (κ3) is 3.54. The normalized spacial score (nSPS) is 10.5. The van der Waals surface area contributed by atoms with Crippen molar-refractivity contribution < 1.29 is 9.18 Å². The van der Waals surface area contributed by atoms with Crippen LogP contribution >= 0.6 is 11.8 Å². The molecule has 0 aliphatic heterocycles. The molecule has 0 saturated heterocycles. The lowest BCUT2D eigenvalue weighted by Crippen LogP contribution is -2.17. The largest absolute Gasteiger partial charge is 0.335 e. The third-order valence-electron chi connectivity index (χ3n) is 3.18. The summed E-state index contributed by atoms with van der Waals surface area (Å²) in [6.07, 6.45) is 0. The Kier molecular flexibility index (Phi) is 4.76. The molecule has 3 aromatic rings. The van der Waals surface area contributed by atoms with Crippen LogP contribution in [0.5, 0.6) is 0 Å². The summed E-state index contributed by atoms with van der Waals surface area (Å²) in [7, 11) is 0. The summed E-state index contributed by atoms with van der Waals surface area (Å²) < 4.78 is 14.8. The number of carbonyl (C=O) groups excluding carboxylic acids is 1. The zero-order valence-corrected chi connectivity index (χ0v) is 13.3. The van der Waals surface area contributed by atoms with Gasteiger partial charge in [-0.2, -0.15) is 0 Å². The molecule has 3 rings (SSSR count). The average Bonchev–Trinajstić information content (AvgIpc) is 2.97. The fourth-order valence-electron chi connectivity index (χ4n) is 2.04. The highest BCUT2D eigenvalue weighted by atomic mass is 32.2. The van der Waals surface area contributed by atoms with Crippen LogP contribution in [0.25, 0.3) is 11.4 Å². The summed E-state index contributed by atoms with van der Waals surface area (Å²) in [4.78, 5) is 11.9. The van der Waals surface area contributed by atoms with Crippen LogP contribution in [0.1, 0.15) is 0 Å². The summed E-state index contributed by atoms with van der Waals surface area (Å²) in [5.74, 6) is 5.69. The van der Waals surface area contributed by atoms with Crippen LogP contribution in [0.4, 0.5) is 10.1 Å². The number of hydrogen-bond acceptors (Lipinski definition) is 5. The maximum atomic E-state index is 13.5. The van der Waals surface area contributed by atoms with Gasteiger partial charge in [0.1, 0.15) is 5.82 Å². The molecule has 1 amide bonds. The van der Waals surface area contributed by atoms with Gasteiger partial charge >= 0.3 is 0 Å². The number of rotatable bonds is 5. The van der Waals surface area contributed by atoms with Gasteiger partial charge in [0.2, 0.25) is 11.1 Å². The van der Waals surface area contributed by atoms with Crippen LogP contribution in [-0.4, -0.2) is 26.5 Å². The Morgan fingerprint density at radius 3 is 2.58 bits per heavy atom. The van der Waals surface area contributed by atoms with E-state index in [-0.39, 0.29) is 17.3 Å². The Hall–Kier alpha value is -2.87. The summed E-state index contributed by atoms with van der Waals surface area (Å²) >= 11 is 1.13. The van der Waals surface area contributed by atoms with E-state index in [0.29, 0.717) is 11.0 Å². The molecule has 0 fully saturated rings. The maximum absolute atomic E-state index is 13.5. The van der Waals surface area contributed by atoms with Crippen molar-refractivity contribution in [3.8, 4) is 11.4 Å². The molecule has 1 heterocycles. The lowest BCUT2D eigenvalue weighted by atomic mass is 10.2. The van der Waals surface area contributed by atoms with Gasteiger partial charge in [-0.15, -0.1) is 10.2 Å². The van der Waals surface area contributed by atoms with Gasteiger partial charge in [-0.1, -0.05) is 54.2 Å². The molecule has 1 aromatic heterocycles. The monoisotopic (exact) mass is 343 g/mol. The zero-order chi connectivity index (χ0) is 16.9. The van der Waals surface area contributed by atoms with Crippen LogP contribution in [0, 0.1) is 5.82 Å². The van der Waals surface area contributed by atoms with Crippen molar-refractivity contribution in [2.24, 2.45) is 0 Å². The smallest absolute Gasteiger partial charge is 0.234 e. The van der Waals surface area contributed by atoms with E-state index in [1.807, 2.05) is 30.3 Å². The Balaban J connectivity index is 1.64. The minimum Gasteiger partial charge on any atom is -0.335 e. The average molecular weight is 343 g/mol. The second-order valence-corrected chi connectivity index (χ2v) is 5.80. The number of amides is 1. The first kappa shape index (κ1) is 16.0. The molecule has 0 radical (unpaired) electrons. The second kappa shape index (κ2) is 7.14. The molecule has 8 heteroatoms. The van der Waals surface area contributed by atoms with E-state index in [2.05, 4.69) is 15.5 Å². The molecular formula is C16H14FN5OS. The zero-order valence-electron chi connectivity index (χ0n) is 12.5. The molecule has 0 spiro atoms. The van der Waals surface area contributed by atoms with Crippen molar-refractivity contribution in [1.29, 1.82) is 0 Å². The van der Waals surface area contributed by atoms with Crippen LogP contribution < -0.4 is 11.2 Å². The molecule has 6 nitrogen and oxygen atoms in total. The standard InChI is InChI=1S/C16H14FN5OS/c17-12-8-4-5-9-13(12)19-14(23)10-24-16-21-20-15(22(16)18)11-6-2-1-3-7-11/h1-9H,10,18H2,(H,19,23). The Bertz CT molecular complexity index is 853. The predicted octanol–water partition coefficient (Wildman–Crippen LogP) is 2.53. The summed E-state index contributed by atoms with van der Waals surface area (Å²) in [5.41, 5.74) is 0.970. The van der Waals surface area contributed by atoms with E-state index < -0.39 is 5.82 Å². The van der Waals surface area contributed by atoms with Crippen molar-refractivity contribution >= 4 is 23.4 Å². The van der Waals surface area contributed by atoms with Crippen LogP contribution in [-0.2, 0) is 4.79 Å².